The number of nitrogens with zero attached hydrogens (tertiary/aromatic N) is 1. The summed E-state index contributed by atoms with van der Waals surface area (Å²) < 4.78 is 27.1. The van der Waals surface area contributed by atoms with Crippen LogP contribution in [0, 0.1) is 0 Å². The average Bonchev–Trinajstić information content (AvgIpc) is 2.41. The Morgan fingerprint density at radius 3 is 2.63 bits per heavy atom. The van der Waals surface area contributed by atoms with Gasteiger partial charge in [-0.05, 0) is 37.8 Å². The van der Waals surface area contributed by atoms with Gasteiger partial charge in [-0.2, -0.15) is 0 Å². The van der Waals surface area contributed by atoms with Crippen molar-refractivity contribution < 1.29 is 13.5 Å². The normalized spacial score (nSPS) is 24.1. The van der Waals surface area contributed by atoms with Crippen LogP contribution in [0.1, 0.15) is 25.7 Å². The molecule has 1 aliphatic carbocycles. The van der Waals surface area contributed by atoms with Gasteiger partial charge in [-0.15, -0.1) is 0 Å². The summed E-state index contributed by atoms with van der Waals surface area (Å²) in [6, 6.07) is 2.98. The number of aliphatic hydroxyl groups excluding tert-OH is 1. The first kappa shape index (κ1) is 14.2. The fourth-order valence-electron chi connectivity index (χ4n) is 2.18. The van der Waals surface area contributed by atoms with Gasteiger partial charge in [-0.1, -0.05) is 0 Å². The van der Waals surface area contributed by atoms with Crippen molar-refractivity contribution in [3.8, 4) is 0 Å². The van der Waals surface area contributed by atoms with Crippen molar-refractivity contribution in [1.29, 1.82) is 0 Å². The molecular weight excluding hydrogens is 268 g/mol. The van der Waals surface area contributed by atoms with E-state index in [-0.39, 0.29) is 22.9 Å². The molecule has 8 heteroatoms. The Morgan fingerprint density at radius 2 is 2.00 bits per heavy atom. The summed E-state index contributed by atoms with van der Waals surface area (Å²) in [6.07, 6.45) is 3.54. The van der Waals surface area contributed by atoms with Crippen LogP contribution in [0.2, 0.25) is 0 Å². The zero-order valence-electron chi connectivity index (χ0n) is 10.4. The van der Waals surface area contributed by atoms with Crippen molar-refractivity contribution in [3.63, 3.8) is 0 Å². The van der Waals surface area contributed by atoms with Crippen LogP contribution in [0.15, 0.2) is 23.4 Å². The second-order valence-electron chi connectivity index (χ2n) is 4.63. The highest BCUT2D eigenvalue weighted by Crippen LogP contribution is 2.22. The van der Waals surface area contributed by atoms with Crippen LogP contribution in [0.4, 0.5) is 5.69 Å². The molecule has 1 aromatic rings. The second kappa shape index (κ2) is 5.83. The lowest BCUT2D eigenvalue weighted by Crippen LogP contribution is -2.39. The zero-order valence-corrected chi connectivity index (χ0v) is 11.2. The van der Waals surface area contributed by atoms with Gasteiger partial charge in [-0.3, -0.25) is 5.84 Å². The van der Waals surface area contributed by atoms with E-state index < -0.39 is 10.0 Å². The Hall–Kier alpha value is -1.22. The Labute approximate surface area is 112 Å². The summed E-state index contributed by atoms with van der Waals surface area (Å²) in [6.45, 7) is 0. The van der Waals surface area contributed by atoms with E-state index in [1.165, 1.54) is 6.20 Å². The molecule has 1 aliphatic rings. The summed E-state index contributed by atoms with van der Waals surface area (Å²) >= 11 is 0. The van der Waals surface area contributed by atoms with E-state index >= 15 is 0 Å². The van der Waals surface area contributed by atoms with Crippen molar-refractivity contribution in [3.05, 3.63) is 18.3 Å². The number of nitrogens with one attached hydrogen (secondary N) is 2. The van der Waals surface area contributed by atoms with E-state index in [1.54, 1.807) is 12.1 Å². The van der Waals surface area contributed by atoms with E-state index in [2.05, 4.69) is 15.1 Å². The summed E-state index contributed by atoms with van der Waals surface area (Å²) in [5.74, 6) is 5.28. The quantitative estimate of drug-likeness (QED) is 0.455. The highest BCUT2D eigenvalue weighted by Gasteiger charge is 2.27. The van der Waals surface area contributed by atoms with Gasteiger partial charge < -0.3 is 10.5 Å². The number of anilines is 1. The number of nitrogens with two attached hydrogens (primary N) is 1. The van der Waals surface area contributed by atoms with Gasteiger partial charge in [0.15, 0.2) is 5.03 Å². The fourth-order valence-corrected chi connectivity index (χ4v) is 3.59. The molecule has 0 radical (unpaired) electrons. The Morgan fingerprint density at radius 1 is 1.32 bits per heavy atom. The molecule has 0 atom stereocenters. The first-order chi connectivity index (χ1) is 9.03. The van der Waals surface area contributed by atoms with Gasteiger partial charge in [0.25, 0.3) is 10.0 Å². The molecule has 0 spiro atoms. The highest BCUT2D eigenvalue weighted by molar-refractivity contribution is 7.89. The number of hydrazine groups is 1. The minimum Gasteiger partial charge on any atom is -0.393 e. The summed E-state index contributed by atoms with van der Waals surface area (Å²) in [5.41, 5.74) is 2.58. The Kier molecular flexibility index (Phi) is 4.35. The number of hydrogen-bond donors (Lipinski definition) is 4. The molecule has 0 aromatic carbocycles. The fraction of sp³-hybridized carbons (Fsp3) is 0.545. The summed E-state index contributed by atoms with van der Waals surface area (Å²) in [4.78, 5) is 3.86. The third-order valence-electron chi connectivity index (χ3n) is 3.20. The number of rotatable bonds is 4. The van der Waals surface area contributed by atoms with Crippen LogP contribution in [0.25, 0.3) is 0 Å². The molecule has 0 unspecified atom stereocenters. The van der Waals surface area contributed by atoms with E-state index in [4.69, 9.17) is 5.84 Å². The largest absolute Gasteiger partial charge is 0.393 e. The van der Waals surface area contributed by atoms with Crippen LogP contribution >= 0.6 is 0 Å². The van der Waals surface area contributed by atoms with E-state index in [0.717, 1.165) is 0 Å². The number of sulfonamides is 1. The minimum atomic E-state index is -3.71. The van der Waals surface area contributed by atoms with Gasteiger partial charge in [0.05, 0.1) is 11.8 Å². The maximum Gasteiger partial charge on any atom is 0.260 e. The molecule has 0 amide bonds. The predicted molar refractivity (Wildman–Crippen MR) is 70.6 cm³/mol. The third-order valence-corrected chi connectivity index (χ3v) is 4.68. The monoisotopic (exact) mass is 286 g/mol. The van der Waals surface area contributed by atoms with E-state index in [1.807, 2.05) is 0 Å². The number of aromatic nitrogens is 1. The lowest BCUT2D eigenvalue weighted by atomic mass is 9.94. The van der Waals surface area contributed by atoms with E-state index in [0.29, 0.717) is 25.7 Å². The van der Waals surface area contributed by atoms with Crippen LogP contribution in [-0.2, 0) is 10.0 Å². The first-order valence-corrected chi connectivity index (χ1v) is 7.63. The number of nitrogen functional groups attached to an aromatic ring is 1. The molecular formula is C11H18N4O3S. The maximum absolute atomic E-state index is 12.2. The SMILES string of the molecule is NNc1cccnc1S(=O)(=O)NC1CCC(O)CC1. The summed E-state index contributed by atoms with van der Waals surface area (Å²) in [5, 5.41) is 9.30. The molecule has 106 valence electrons. The van der Waals surface area contributed by atoms with Crippen LogP contribution in [0.5, 0.6) is 0 Å². The maximum atomic E-state index is 12.2. The lowest BCUT2D eigenvalue weighted by Gasteiger charge is -2.26. The van der Waals surface area contributed by atoms with Crippen molar-refractivity contribution in [2.24, 2.45) is 5.84 Å². The summed E-state index contributed by atoms with van der Waals surface area (Å²) in [7, 11) is -3.71. The molecule has 1 aromatic heterocycles. The topological polar surface area (TPSA) is 117 Å². The van der Waals surface area contributed by atoms with Gasteiger partial charge in [0.2, 0.25) is 0 Å². The van der Waals surface area contributed by atoms with Crippen molar-refractivity contribution in [2.45, 2.75) is 42.9 Å². The van der Waals surface area contributed by atoms with Crippen molar-refractivity contribution >= 4 is 15.7 Å². The van der Waals surface area contributed by atoms with Crippen molar-refractivity contribution in [2.75, 3.05) is 5.43 Å². The molecule has 0 bridgehead atoms. The average molecular weight is 286 g/mol. The highest BCUT2D eigenvalue weighted by atomic mass is 32.2. The zero-order chi connectivity index (χ0) is 13.9. The van der Waals surface area contributed by atoms with Crippen LogP contribution in [0.3, 0.4) is 0 Å². The standard InChI is InChI=1S/C11H18N4O3S/c12-14-10-2-1-7-13-11(10)19(17,18)15-8-3-5-9(16)6-4-8/h1-2,7-9,14-16H,3-6,12H2. The molecule has 0 aliphatic heterocycles. The molecule has 1 heterocycles. The first-order valence-electron chi connectivity index (χ1n) is 6.15. The minimum absolute atomic E-state index is 0.108. The van der Waals surface area contributed by atoms with Crippen LogP contribution < -0.4 is 16.0 Å². The van der Waals surface area contributed by atoms with Gasteiger partial charge in [-0.25, -0.2) is 18.1 Å². The molecule has 5 N–H and O–H groups in total. The molecule has 0 saturated heterocycles. The van der Waals surface area contributed by atoms with Gasteiger partial charge >= 0.3 is 0 Å². The van der Waals surface area contributed by atoms with Gasteiger partial charge in [0.1, 0.15) is 0 Å². The second-order valence-corrected chi connectivity index (χ2v) is 6.26. The molecule has 2 rings (SSSR count). The van der Waals surface area contributed by atoms with E-state index in [9.17, 15) is 13.5 Å². The molecule has 1 fully saturated rings. The molecule has 1 saturated carbocycles. The Bertz CT molecular complexity index is 526. The number of aliphatic hydroxyl groups is 1. The third kappa shape index (κ3) is 3.41. The predicted octanol–water partition coefficient (Wildman–Crippen LogP) is -0.0510. The Balaban J connectivity index is 2.14. The van der Waals surface area contributed by atoms with Crippen molar-refractivity contribution in [1.82, 2.24) is 9.71 Å². The number of pyridine rings is 1. The van der Waals surface area contributed by atoms with Gasteiger partial charge in [0, 0.05) is 12.2 Å². The lowest BCUT2D eigenvalue weighted by molar-refractivity contribution is 0.120. The smallest absolute Gasteiger partial charge is 0.260 e. The number of hydrogen-bond acceptors (Lipinski definition) is 6. The van der Waals surface area contributed by atoms with Crippen LogP contribution in [-0.4, -0.2) is 30.7 Å². The molecule has 19 heavy (non-hydrogen) atoms. The molecule has 7 nitrogen and oxygen atoms in total.